The zero-order valence-corrected chi connectivity index (χ0v) is 18.8. The van der Waals surface area contributed by atoms with Crippen molar-refractivity contribution in [2.75, 3.05) is 18.0 Å². The molecule has 0 spiro atoms. The summed E-state index contributed by atoms with van der Waals surface area (Å²) in [4.78, 5) is 36.5. The van der Waals surface area contributed by atoms with E-state index < -0.39 is 17.3 Å². The lowest BCUT2D eigenvalue weighted by atomic mass is 9.95. The van der Waals surface area contributed by atoms with Crippen LogP contribution in [0.4, 0.5) is 14.6 Å². The van der Waals surface area contributed by atoms with Crippen molar-refractivity contribution in [2.24, 2.45) is 0 Å². The Bertz CT molecular complexity index is 1650. The van der Waals surface area contributed by atoms with E-state index in [1.165, 1.54) is 30.5 Å². The molecule has 2 aromatic carbocycles. The number of H-pyrrole nitrogens is 1. The molecule has 8 nitrogen and oxygen atoms in total. The molecule has 2 bridgehead atoms. The molecule has 2 aliphatic rings. The Morgan fingerprint density at radius 2 is 1.97 bits per heavy atom. The summed E-state index contributed by atoms with van der Waals surface area (Å²) in [6, 6.07) is 6.06. The van der Waals surface area contributed by atoms with Crippen LogP contribution in [0.2, 0.25) is 0 Å². The van der Waals surface area contributed by atoms with E-state index in [2.05, 4.69) is 26.2 Å². The molecule has 36 heavy (non-hydrogen) atoms. The first-order valence-electron chi connectivity index (χ1n) is 11.4. The van der Waals surface area contributed by atoms with E-state index in [1.54, 1.807) is 0 Å². The largest absolute Gasteiger partial charge is 0.429 e. The highest BCUT2D eigenvalue weighted by molar-refractivity contribution is 6.03. The van der Waals surface area contributed by atoms with Gasteiger partial charge in [-0.3, -0.25) is 9.78 Å². The second-order valence-electron chi connectivity index (χ2n) is 8.97. The summed E-state index contributed by atoms with van der Waals surface area (Å²) in [7, 11) is 0. The first-order valence-corrected chi connectivity index (χ1v) is 11.4. The molecule has 0 amide bonds. The number of fused-ring (bicyclic) bond motifs is 4. The van der Waals surface area contributed by atoms with Crippen LogP contribution in [0.1, 0.15) is 18.4 Å². The van der Waals surface area contributed by atoms with E-state index in [0.717, 1.165) is 12.8 Å². The standard InChI is InChI=1S/C26H19F2N5O3/c1-2-17-20(27)6-3-13-7-16(36-12-34)8-18(21(13)17)23-22(28)24-19(9-29-23)25(32-26(35)31-24)33-10-14-4-5-15(11-33)30-14/h1,3,6-9,12,14-15,30H,4-5,10-11H2,(H,31,32,35). The van der Waals surface area contributed by atoms with Crippen LogP contribution in [0, 0.1) is 24.0 Å². The average Bonchev–Trinajstić information content (AvgIpc) is 3.21. The van der Waals surface area contributed by atoms with Crippen LogP contribution in [0.25, 0.3) is 32.9 Å². The third-order valence-electron chi connectivity index (χ3n) is 6.84. The first kappa shape index (κ1) is 22.1. The van der Waals surface area contributed by atoms with Gasteiger partial charge in [0.05, 0.1) is 16.5 Å². The quantitative estimate of drug-likeness (QED) is 0.337. The van der Waals surface area contributed by atoms with Crippen LogP contribution < -0.4 is 20.6 Å². The van der Waals surface area contributed by atoms with Crippen LogP contribution in [-0.2, 0) is 4.79 Å². The molecule has 2 aromatic heterocycles. The Balaban J connectivity index is 1.59. The van der Waals surface area contributed by atoms with Gasteiger partial charge in [0.25, 0.3) is 6.47 Å². The molecule has 4 heterocycles. The predicted molar refractivity (Wildman–Crippen MR) is 130 cm³/mol. The highest BCUT2D eigenvalue weighted by Crippen LogP contribution is 2.38. The number of carbonyl (C=O) groups excluding carboxylic acids is 1. The summed E-state index contributed by atoms with van der Waals surface area (Å²) < 4.78 is 35.7. The van der Waals surface area contributed by atoms with E-state index in [1.807, 2.05) is 4.90 Å². The van der Waals surface area contributed by atoms with Crippen LogP contribution >= 0.6 is 0 Å². The van der Waals surface area contributed by atoms with Crippen molar-refractivity contribution in [3.63, 3.8) is 0 Å². The predicted octanol–water partition coefficient (Wildman–Crippen LogP) is 2.87. The van der Waals surface area contributed by atoms with Gasteiger partial charge in [-0.15, -0.1) is 6.42 Å². The van der Waals surface area contributed by atoms with Crippen LogP contribution in [0.3, 0.4) is 0 Å². The molecule has 0 radical (unpaired) electrons. The van der Waals surface area contributed by atoms with Crippen LogP contribution in [0.5, 0.6) is 5.75 Å². The molecule has 10 heteroatoms. The minimum absolute atomic E-state index is 0.0746. The number of rotatable bonds is 4. The number of benzene rings is 2. The number of carbonyl (C=O) groups is 1. The number of aromatic nitrogens is 3. The van der Waals surface area contributed by atoms with Crippen LogP contribution in [0.15, 0.2) is 35.3 Å². The lowest BCUT2D eigenvalue weighted by molar-refractivity contribution is -0.120. The summed E-state index contributed by atoms with van der Waals surface area (Å²) >= 11 is 0. The number of piperazine rings is 1. The number of hydrogen-bond acceptors (Lipinski definition) is 7. The third kappa shape index (κ3) is 3.48. The molecular formula is C26H19F2N5O3. The molecule has 2 aliphatic heterocycles. The fraction of sp³-hybridized carbons (Fsp3) is 0.231. The van der Waals surface area contributed by atoms with Gasteiger partial charge in [-0.05, 0) is 36.4 Å². The molecule has 0 aliphatic carbocycles. The molecule has 6 rings (SSSR count). The SMILES string of the molecule is C#Cc1c(F)ccc2cc(OC=O)cc(-c3ncc4c(N5CC6CCC(C5)N6)nc(=O)[nH]c4c3F)c12. The van der Waals surface area contributed by atoms with Gasteiger partial charge in [-0.25, -0.2) is 13.6 Å². The maximum Gasteiger partial charge on any atom is 0.347 e. The van der Waals surface area contributed by atoms with Crippen molar-refractivity contribution in [1.82, 2.24) is 20.3 Å². The number of nitrogens with one attached hydrogen (secondary N) is 2. The summed E-state index contributed by atoms with van der Waals surface area (Å²) in [5.74, 6) is 1.29. The summed E-state index contributed by atoms with van der Waals surface area (Å²) in [5.41, 5.74) is -0.913. The maximum atomic E-state index is 16.1. The maximum absolute atomic E-state index is 16.1. The number of aromatic amines is 1. The fourth-order valence-electron chi connectivity index (χ4n) is 5.33. The smallest absolute Gasteiger partial charge is 0.347 e. The molecule has 0 saturated carbocycles. The molecule has 2 saturated heterocycles. The summed E-state index contributed by atoms with van der Waals surface area (Å²) in [6.45, 7) is 1.52. The number of pyridine rings is 1. The molecule has 4 aromatic rings. The third-order valence-corrected chi connectivity index (χ3v) is 6.84. The molecule has 180 valence electrons. The second kappa shape index (κ2) is 8.39. The van der Waals surface area contributed by atoms with E-state index in [-0.39, 0.29) is 52.0 Å². The molecule has 2 N–H and O–H groups in total. The summed E-state index contributed by atoms with van der Waals surface area (Å²) in [5, 5.41) is 4.53. The molecule has 2 fully saturated rings. The van der Waals surface area contributed by atoms with E-state index in [0.29, 0.717) is 29.7 Å². The molecule has 2 atom stereocenters. The lowest BCUT2D eigenvalue weighted by Crippen LogP contribution is -2.51. The van der Waals surface area contributed by atoms with E-state index in [4.69, 9.17) is 11.2 Å². The number of nitrogens with zero attached hydrogens (tertiary/aromatic N) is 3. The van der Waals surface area contributed by atoms with Crippen molar-refractivity contribution in [3.8, 4) is 29.4 Å². The Morgan fingerprint density at radius 3 is 2.69 bits per heavy atom. The Morgan fingerprint density at radius 1 is 1.19 bits per heavy atom. The van der Waals surface area contributed by atoms with Gasteiger partial charge in [0.15, 0.2) is 5.82 Å². The normalized spacial score (nSPS) is 19.0. The number of hydrogen-bond donors (Lipinski definition) is 2. The zero-order chi connectivity index (χ0) is 25.0. The average molecular weight is 487 g/mol. The van der Waals surface area contributed by atoms with Gasteiger partial charge in [0, 0.05) is 42.3 Å². The molecular weight excluding hydrogens is 468 g/mol. The second-order valence-corrected chi connectivity index (χ2v) is 8.97. The van der Waals surface area contributed by atoms with Crippen molar-refractivity contribution in [1.29, 1.82) is 0 Å². The number of anilines is 1. The van der Waals surface area contributed by atoms with E-state index >= 15 is 4.39 Å². The fourth-order valence-corrected chi connectivity index (χ4v) is 5.33. The minimum atomic E-state index is -0.830. The Labute approximate surface area is 203 Å². The highest BCUT2D eigenvalue weighted by atomic mass is 19.1. The van der Waals surface area contributed by atoms with Gasteiger partial charge >= 0.3 is 5.69 Å². The lowest BCUT2D eigenvalue weighted by Gasteiger charge is -2.34. The minimum Gasteiger partial charge on any atom is -0.429 e. The summed E-state index contributed by atoms with van der Waals surface area (Å²) in [6.07, 6.45) is 9.07. The number of halogens is 2. The van der Waals surface area contributed by atoms with Gasteiger partial charge in [0.2, 0.25) is 0 Å². The topological polar surface area (TPSA) is 100 Å². The van der Waals surface area contributed by atoms with Gasteiger partial charge in [-0.2, -0.15) is 4.98 Å². The number of terminal acetylenes is 1. The highest BCUT2D eigenvalue weighted by Gasteiger charge is 2.34. The van der Waals surface area contributed by atoms with Crippen molar-refractivity contribution < 1.29 is 18.3 Å². The Hall–Kier alpha value is -4.36. The van der Waals surface area contributed by atoms with E-state index in [9.17, 15) is 14.0 Å². The van der Waals surface area contributed by atoms with Crippen LogP contribution in [-0.4, -0.2) is 46.6 Å². The zero-order valence-electron chi connectivity index (χ0n) is 18.8. The monoisotopic (exact) mass is 487 g/mol. The van der Waals surface area contributed by atoms with Gasteiger partial charge in [-0.1, -0.05) is 12.0 Å². The van der Waals surface area contributed by atoms with Gasteiger partial charge in [0.1, 0.15) is 23.1 Å². The Kier molecular flexibility index (Phi) is 5.16. The molecule has 2 unspecified atom stereocenters. The first-order chi connectivity index (χ1) is 17.5. The number of ether oxygens (including phenoxy) is 1. The van der Waals surface area contributed by atoms with Crippen molar-refractivity contribution >= 4 is 34.0 Å². The van der Waals surface area contributed by atoms with Crippen molar-refractivity contribution in [2.45, 2.75) is 24.9 Å². The van der Waals surface area contributed by atoms with Crippen molar-refractivity contribution in [3.05, 3.63) is 58.1 Å². The van der Waals surface area contributed by atoms with Gasteiger partial charge < -0.3 is 19.9 Å².